The number of nitrogen functional groups attached to an aromatic ring is 1. The normalized spacial score (nSPS) is 10.6. The summed E-state index contributed by atoms with van der Waals surface area (Å²) in [7, 11) is 0. The third kappa shape index (κ3) is 4.05. The minimum absolute atomic E-state index is 0.216. The predicted molar refractivity (Wildman–Crippen MR) is 119 cm³/mol. The Labute approximate surface area is 181 Å². The van der Waals surface area contributed by atoms with Crippen molar-refractivity contribution in [2.45, 2.75) is 0 Å². The Hall–Kier alpha value is -3.62. The Kier molecular flexibility index (Phi) is 5.51. The molecule has 0 saturated heterocycles. The zero-order valence-electron chi connectivity index (χ0n) is 15.4. The van der Waals surface area contributed by atoms with Gasteiger partial charge in [0.05, 0.1) is 21.8 Å². The number of hydrazine groups is 1. The van der Waals surface area contributed by atoms with Crippen molar-refractivity contribution in [3.05, 3.63) is 76.7 Å². The molecule has 0 aliphatic rings. The topological polar surface area (TPSA) is 118 Å². The number of para-hydroxylation sites is 1. The zero-order valence-corrected chi connectivity index (χ0v) is 16.9. The highest BCUT2D eigenvalue weighted by molar-refractivity contribution is 6.36. The number of aromatic nitrogens is 3. The minimum Gasteiger partial charge on any atom is -0.393 e. The maximum absolute atomic E-state index is 12.4. The number of nitrogens with zero attached hydrogens (tertiary/aromatic N) is 3. The average Bonchev–Trinajstić information content (AvgIpc) is 2.74. The molecular formula is C20H15Cl2N7O. The van der Waals surface area contributed by atoms with Crippen molar-refractivity contribution < 1.29 is 4.79 Å². The van der Waals surface area contributed by atoms with Gasteiger partial charge in [0.2, 0.25) is 0 Å². The summed E-state index contributed by atoms with van der Waals surface area (Å²) in [5.41, 5.74) is 13.4. The fraction of sp³-hybridized carbons (Fsp3) is 0. The molecule has 0 radical (unpaired) electrons. The van der Waals surface area contributed by atoms with E-state index < -0.39 is 5.91 Å². The van der Waals surface area contributed by atoms with E-state index in [-0.39, 0.29) is 22.1 Å². The summed E-state index contributed by atoms with van der Waals surface area (Å²) in [6, 6.07) is 14.1. The summed E-state index contributed by atoms with van der Waals surface area (Å²) in [6.45, 7) is 0. The van der Waals surface area contributed by atoms with Crippen molar-refractivity contribution in [3.8, 4) is 0 Å². The van der Waals surface area contributed by atoms with Gasteiger partial charge in [-0.15, -0.1) is 0 Å². The predicted octanol–water partition coefficient (Wildman–Crippen LogP) is 4.41. The molecular weight excluding hydrogens is 425 g/mol. The van der Waals surface area contributed by atoms with Gasteiger partial charge >= 0.3 is 0 Å². The quantitative estimate of drug-likeness (QED) is 0.340. The van der Waals surface area contributed by atoms with Crippen LogP contribution in [0.25, 0.3) is 10.9 Å². The molecule has 0 saturated carbocycles. The first-order chi connectivity index (χ1) is 14.5. The maximum Gasteiger partial charge on any atom is 0.271 e. The Balaban J connectivity index is 1.54. The molecule has 0 unspecified atom stereocenters. The molecule has 0 atom stereocenters. The third-order valence-electron chi connectivity index (χ3n) is 4.24. The number of amides is 1. The van der Waals surface area contributed by atoms with Crippen LogP contribution in [0.4, 0.5) is 23.0 Å². The van der Waals surface area contributed by atoms with E-state index in [0.29, 0.717) is 10.8 Å². The van der Waals surface area contributed by atoms with Gasteiger partial charge in [0.25, 0.3) is 5.91 Å². The standard InChI is InChI=1S/C20H15Cl2N7O/c21-12-6-7-13(14(22)9-12)20(30)29-28-19-16(23)18(25-10-26-19)27-15-5-1-3-11-4-2-8-24-17(11)15/h1-10H,23H2,(H,29,30)(H2,25,26,27,28). The van der Waals surface area contributed by atoms with E-state index in [1.165, 1.54) is 18.5 Å². The number of hydrogen-bond acceptors (Lipinski definition) is 7. The van der Waals surface area contributed by atoms with Gasteiger partial charge in [-0.1, -0.05) is 41.4 Å². The molecule has 30 heavy (non-hydrogen) atoms. The summed E-state index contributed by atoms with van der Waals surface area (Å²) >= 11 is 11.9. The summed E-state index contributed by atoms with van der Waals surface area (Å²) in [5, 5.41) is 4.79. The second-order valence-electron chi connectivity index (χ2n) is 6.19. The van der Waals surface area contributed by atoms with Crippen molar-refractivity contribution in [2.24, 2.45) is 0 Å². The van der Waals surface area contributed by atoms with Crippen molar-refractivity contribution in [1.82, 2.24) is 20.4 Å². The van der Waals surface area contributed by atoms with Crippen LogP contribution >= 0.6 is 23.2 Å². The third-order valence-corrected chi connectivity index (χ3v) is 4.79. The van der Waals surface area contributed by atoms with Crippen molar-refractivity contribution in [1.29, 1.82) is 0 Å². The van der Waals surface area contributed by atoms with Crippen molar-refractivity contribution >= 4 is 63.0 Å². The van der Waals surface area contributed by atoms with E-state index in [0.717, 1.165) is 16.6 Å². The van der Waals surface area contributed by atoms with Crippen LogP contribution in [0.1, 0.15) is 10.4 Å². The molecule has 150 valence electrons. The van der Waals surface area contributed by atoms with Gasteiger partial charge in [-0.2, -0.15) is 0 Å². The number of nitrogens with two attached hydrogens (primary N) is 1. The average molecular weight is 440 g/mol. The van der Waals surface area contributed by atoms with Crippen LogP contribution in [-0.4, -0.2) is 20.9 Å². The van der Waals surface area contributed by atoms with E-state index >= 15 is 0 Å². The van der Waals surface area contributed by atoms with Crippen molar-refractivity contribution in [2.75, 3.05) is 16.5 Å². The first-order valence-electron chi connectivity index (χ1n) is 8.75. The molecule has 0 aliphatic heterocycles. The van der Waals surface area contributed by atoms with Crippen LogP contribution in [0.2, 0.25) is 10.0 Å². The number of carbonyl (C=O) groups is 1. The van der Waals surface area contributed by atoms with E-state index in [2.05, 4.69) is 31.1 Å². The molecule has 2 heterocycles. The molecule has 0 spiro atoms. The fourth-order valence-electron chi connectivity index (χ4n) is 2.78. The number of benzene rings is 2. The monoisotopic (exact) mass is 439 g/mol. The van der Waals surface area contributed by atoms with Gasteiger partial charge in [0.1, 0.15) is 12.0 Å². The first-order valence-corrected chi connectivity index (χ1v) is 9.51. The lowest BCUT2D eigenvalue weighted by Gasteiger charge is -2.14. The van der Waals surface area contributed by atoms with Gasteiger partial charge in [0, 0.05) is 16.6 Å². The molecule has 0 bridgehead atoms. The molecule has 4 rings (SSSR count). The number of pyridine rings is 1. The molecule has 8 nitrogen and oxygen atoms in total. The molecule has 5 N–H and O–H groups in total. The maximum atomic E-state index is 12.4. The zero-order chi connectivity index (χ0) is 21.1. The largest absolute Gasteiger partial charge is 0.393 e. The Morgan fingerprint density at radius 3 is 2.60 bits per heavy atom. The van der Waals surface area contributed by atoms with Crippen molar-refractivity contribution in [3.63, 3.8) is 0 Å². The van der Waals surface area contributed by atoms with E-state index in [1.54, 1.807) is 12.3 Å². The molecule has 1 amide bonds. The lowest BCUT2D eigenvalue weighted by atomic mass is 10.2. The van der Waals surface area contributed by atoms with Crippen LogP contribution in [-0.2, 0) is 0 Å². The van der Waals surface area contributed by atoms with Crippen LogP contribution in [0.3, 0.4) is 0 Å². The second-order valence-corrected chi connectivity index (χ2v) is 7.04. The summed E-state index contributed by atoms with van der Waals surface area (Å²) < 4.78 is 0. The van der Waals surface area contributed by atoms with Gasteiger partial charge < -0.3 is 11.1 Å². The molecule has 0 fully saturated rings. The number of fused-ring (bicyclic) bond motifs is 1. The highest BCUT2D eigenvalue weighted by Crippen LogP contribution is 2.29. The van der Waals surface area contributed by atoms with Gasteiger partial charge in [-0.05, 0) is 30.3 Å². The molecule has 4 aromatic rings. The number of rotatable bonds is 5. The number of carbonyl (C=O) groups excluding carboxylic acids is 1. The number of hydrogen-bond donors (Lipinski definition) is 4. The minimum atomic E-state index is -0.470. The lowest BCUT2D eigenvalue weighted by molar-refractivity contribution is 0.0962. The van der Waals surface area contributed by atoms with E-state index in [4.69, 9.17) is 28.9 Å². The van der Waals surface area contributed by atoms with Gasteiger partial charge in [-0.3, -0.25) is 20.6 Å². The number of anilines is 4. The van der Waals surface area contributed by atoms with Gasteiger partial charge in [0.15, 0.2) is 11.6 Å². The van der Waals surface area contributed by atoms with Crippen LogP contribution < -0.4 is 21.9 Å². The Morgan fingerprint density at radius 2 is 1.77 bits per heavy atom. The van der Waals surface area contributed by atoms with Crippen LogP contribution in [0, 0.1) is 0 Å². The summed E-state index contributed by atoms with van der Waals surface area (Å²) in [4.78, 5) is 25.0. The van der Waals surface area contributed by atoms with Gasteiger partial charge in [-0.25, -0.2) is 9.97 Å². The van der Waals surface area contributed by atoms with E-state index in [9.17, 15) is 4.79 Å². The molecule has 2 aromatic carbocycles. The first kappa shape index (κ1) is 19.7. The smallest absolute Gasteiger partial charge is 0.271 e. The summed E-state index contributed by atoms with van der Waals surface area (Å²) in [6.07, 6.45) is 3.03. The van der Waals surface area contributed by atoms with Crippen LogP contribution in [0.15, 0.2) is 61.1 Å². The van der Waals surface area contributed by atoms with Crippen LogP contribution in [0.5, 0.6) is 0 Å². The second kappa shape index (κ2) is 8.40. The fourth-order valence-corrected chi connectivity index (χ4v) is 3.28. The Bertz CT molecular complexity index is 1240. The number of halogens is 2. The highest BCUT2D eigenvalue weighted by Gasteiger charge is 2.14. The van der Waals surface area contributed by atoms with E-state index in [1.807, 2.05) is 30.3 Å². The molecule has 0 aliphatic carbocycles. The Morgan fingerprint density at radius 1 is 0.967 bits per heavy atom. The summed E-state index contributed by atoms with van der Waals surface area (Å²) in [5.74, 6) is 0.117. The number of nitrogens with one attached hydrogen (secondary N) is 3. The molecule has 2 aromatic heterocycles. The lowest BCUT2D eigenvalue weighted by Crippen LogP contribution is -2.30. The molecule has 10 heteroatoms. The highest BCUT2D eigenvalue weighted by atomic mass is 35.5. The SMILES string of the molecule is Nc1c(NNC(=O)c2ccc(Cl)cc2Cl)ncnc1Nc1cccc2cccnc12.